The van der Waals surface area contributed by atoms with E-state index in [-0.39, 0.29) is 0 Å². The van der Waals surface area contributed by atoms with Crippen LogP contribution in [-0.2, 0) is 6.54 Å². The minimum Gasteiger partial charge on any atom is -0.493 e. The zero-order valence-electron chi connectivity index (χ0n) is 12.0. The van der Waals surface area contributed by atoms with Crippen LogP contribution in [-0.4, -0.2) is 30.2 Å². The molecule has 1 saturated carbocycles. The van der Waals surface area contributed by atoms with Crippen LogP contribution in [0.2, 0.25) is 0 Å². The summed E-state index contributed by atoms with van der Waals surface area (Å²) in [5.74, 6) is 2.39. The Morgan fingerprint density at radius 2 is 1.90 bits per heavy atom. The maximum absolute atomic E-state index is 5.31. The molecular weight excluding hydrogens is 254 g/mol. The average molecular weight is 275 g/mol. The summed E-state index contributed by atoms with van der Waals surface area (Å²) in [6, 6.07) is 4.48. The van der Waals surface area contributed by atoms with Gasteiger partial charge in [-0.3, -0.25) is 0 Å². The van der Waals surface area contributed by atoms with E-state index in [1.807, 2.05) is 12.1 Å². The lowest BCUT2D eigenvalue weighted by Gasteiger charge is -2.09. The Hall–Kier alpha value is -1.75. The molecule has 1 aromatic heterocycles. The normalized spacial score (nSPS) is 15.9. The molecule has 1 fully saturated rings. The monoisotopic (exact) mass is 275 g/mol. The fourth-order valence-electron chi connectivity index (χ4n) is 2.84. The van der Waals surface area contributed by atoms with Crippen molar-refractivity contribution in [2.45, 2.75) is 38.3 Å². The number of rotatable bonds is 5. The Balaban J connectivity index is 1.78. The summed E-state index contributed by atoms with van der Waals surface area (Å²) in [4.78, 5) is 7.94. The van der Waals surface area contributed by atoms with Gasteiger partial charge < -0.3 is 19.8 Å². The van der Waals surface area contributed by atoms with Crippen molar-refractivity contribution in [2.24, 2.45) is 0 Å². The Morgan fingerprint density at radius 1 is 1.20 bits per heavy atom. The highest BCUT2D eigenvalue weighted by molar-refractivity contribution is 5.79. The van der Waals surface area contributed by atoms with Gasteiger partial charge in [-0.2, -0.15) is 0 Å². The zero-order valence-corrected chi connectivity index (χ0v) is 12.0. The molecule has 5 nitrogen and oxygen atoms in total. The predicted molar refractivity (Wildman–Crippen MR) is 78.3 cm³/mol. The van der Waals surface area contributed by atoms with E-state index in [2.05, 4.69) is 15.3 Å². The zero-order chi connectivity index (χ0) is 13.9. The molecule has 2 N–H and O–H groups in total. The van der Waals surface area contributed by atoms with Crippen molar-refractivity contribution >= 4 is 11.0 Å². The van der Waals surface area contributed by atoms with E-state index in [1.165, 1.54) is 25.7 Å². The first-order chi connectivity index (χ1) is 9.80. The maximum atomic E-state index is 5.31. The molecule has 20 heavy (non-hydrogen) atoms. The molecule has 1 heterocycles. The second-order valence-corrected chi connectivity index (χ2v) is 5.27. The van der Waals surface area contributed by atoms with Crippen molar-refractivity contribution < 1.29 is 9.47 Å². The first-order valence-electron chi connectivity index (χ1n) is 7.14. The number of imidazole rings is 1. The number of nitrogens with one attached hydrogen (secondary N) is 2. The number of aromatic nitrogens is 2. The Labute approximate surface area is 118 Å². The van der Waals surface area contributed by atoms with Crippen LogP contribution in [0.5, 0.6) is 11.5 Å². The fraction of sp³-hybridized carbons (Fsp3) is 0.533. The molecule has 0 saturated heterocycles. The van der Waals surface area contributed by atoms with Crippen molar-refractivity contribution in [2.75, 3.05) is 14.2 Å². The third kappa shape index (κ3) is 2.58. The third-order valence-corrected chi connectivity index (χ3v) is 3.95. The maximum Gasteiger partial charge on any atom is 0.163 e. The molecular formula is C15H21N3O2. The van der Waals surface area contributed by atoms with Gasteiger partial charge in [0.15, 0.2) is 11.5 Å². The van der Waals surface area contributed by atoms with Crippen molar-refractivity contribution in [1.82, 2.24) is 15.3 Å². The smallest absolute Gasteiger partial charge is 0.163 e. The first-order valence-corrected chi connectivity index (χ1v) is 7.14. The molecule has 0 unspecified atom stereocenters. The van der Waals surface area contributed by atoms with Crippen LogP contribution in [0.4, 0.5) is 0 Å². The SMILES string of the molecule is COc1cc2nc(CNC3CCCC3)[nH]c2cc1OC. The molecule has 0 aliphatic heterocycles. The van der Waals surface area contributed by atoms with Gasteiger partial charge in [0.25, 0.3) is 0 Å². The van der Waals surface area contributed by atoms with E-state index in [9.17, 15) is 0 Å². The number of hydrogen-bond acceptors (Lipinski definition) is 4. The number of aromatic amines is 1. The van der Waals surface area contributed by atoms with Crippen molar-refractivity contribution in [3.05, 3.63) is 18.0 Å². The standard InChI is InChI=1S/C15H21N3O2/c1-19-13-7-11-12(8-14(13)20-2)18-15(17-11)9-16-10-5-3-4-6-10/h7-8,10,16H,3-6,9H2,1-2H3,(H,17,18). The van der Waals surface area contributed by atoms with Crippen LogP contribution in [0.15, 0.2) is 12.1 Å². The van der Waals surface area contributed by atoms with Gasteiger partial charge in [0, 0.05) is 18.2 Å². The largest absolute Gasteiger partial charge is 0.493 e. The van der Waals surface area contributed by atoms with Crippen LogP contribution >= 0.6 is 0 Å². The van der Waals surface area contributed by atoms with Gasteiger partial charge in [0.05, 0.1) is 31.8 Å². The van der Waals surface area contributed by atoms with Crippen molar-refractivity contribution in [3.63, 3.8) is 0 Å². The van der Waals surface area contributed by atoms with E-state index in [4.69, 9.17) is 9.47 Å². The minimum absolute atomic E-state index is 0.646. The summed E-state index contributed by atoms with van der Waals surface area (Å²) in [6.07, 6.45) is 5.24. The highest BCUT2D eigenvalue weighted by Crippen LogP contribution is 2.31. The predicted octanol–water partition coefficient (Wildman–Crippen LogP) is 2.61. The van der Waals surface area contributed by atoms with E-state index in [1.54, 1.807) is 14.2 Å². The second-order valence-electron chi connectivity index (χ2n) is 5.27. The van der Waals surface area contributed by atoms with Crippen LogP contribution in [0.25, 0.3) is 11.0 Å². The van der Waals surface area contributed by atoms with E-state index in [0.29, 0.717) is 11.8 Å². The number of benzene rings is 1. The second kappa shape index (κ2) is 5.71. The topological polar surface area (TPSA) is 59.2 Å². The molecule has 2 aromatic rings. The minimum atomic E-state index is 0.646. The lowest BCUT2D eigenvalue weighted by Crippen LogP contribution is -2.25. The molecule has 0 atom stereocenters. The first kappa shape index (κ1) is 13.2. The van der Waals surface area contributed by atoms with Gasteiger partial charge in [-0.1, -0.05) is 12.8 Å². The van der Waals surface area contributed by atoms with Gasteiger partial charge in [-0.15, -0.1) is 0 Å². The molecule has 0 amide bonds. The fourth-order valence-corrected chi connectivity index (χ4v) is 2.84. The van der Waals surface area contributed by atoms with E-state index in [0.717, 1.165) is 29.2 Å². The van der Waals surface area contributed by atoms with Crippen LogP contribution in [0, 0.1) is 0 Å². The highest BCUT2D eigenvalue weighted by Gasteiger charge is 2.15. The van der Waals surface area contributed by atoms with Crippen LogP contribution < -0.4 is 14.8 Å². The van der Waals surface area contributed by atoms with Gasteiger partial charge in [-0.05, 0) is 12.8 Å². The molecule has 0 bridgehead atoms. The summed E-state index contributed by atoms with van der Waals surface area (Å²) in [6.45, 7) is 0.782. The van der Waals surface area contributed by atoms with Crippen LogP contribution in [0.3, 0.4) is 0 Å². The molecule has 1 aromatic carbocycles. The van der Waals surface area contributed by atoms with Gasteiger partial charge >= 0.3 is 0 Å². The number of ether oxygens (including phenoxy) is 2. The van der Waals surface area contributed by atoms with Crippen molar-refractivity contribution in [3.8, 4) is 11.5 Å². The summed E-state index contributed by atoms with van der Waals surface area (Å²) < 4.78 is 10.6. The Bertz CT molecular complexity index is 547. The third-order valence-electron chi connectivity index (χ3n) is 3.95. The molecule has 1 aliphatic carbocycles. The van der Waals surface area contributed by atoms with Gasteiger partial charge in [0.2, 0.25) is 0 Å². The molecule has 5 heteroatoms. The summed E-state index contributed by atoms with van der Waals surface area (Å²) >= 11 is 0. The lowest BCUT2D eigenvalue weighted by molar-refractivity contribution is 0.356. The summed E-state index contributed by atoms with van der Waals surface area (Å²) in [5, 5.41) is 3.56. The van der Waals surface area contributed by atoms with Gasteiger partial charge in [0.1, 0.15) is 5.82 Å². The van der Waals surface area contributed by atoms with Crippen LogP contribution in [0.1, 0.15) is 31.5 Å². The molecule has 0 spiro atoms. The molecule has 108 valence electrons. The quantitative estimate of drug-likeness (QED) is 0.880. The van der Waals surface area contributed by atoms with Crippen molar-refractivity contribution in [1.29, 1.82) is 0 Å². The number of fused-ring (bicyclic) bond motifs is 1. The average Bonchev–Trinajstić information content (AvgIpc) is 3.11. The highest BCUT2D eigenvalue weighted by atomic mass is 16.5. The number of nitrogens with zero attached hydrogens (tertiary/aromatic N) is 1. The van der Waals surface area contributed by atoms with Gasteiger partial charge in [-0.25, -0.2) is 4.98 Å². The van der Waals surface area contributed by atoms with E-state index < -0.39 is 0 Å². The summed E-state index contributed by atoms with van der Waals surface area (Å²) in [5.41, 5.74) is 1.89. The molecule has 3 rings (SSSR count). The number of hydrogen-bond donors (Lipinski definition) is 2. The molecule has 1 aliphatic rings. The van der Waals surface area contributed by atoms with E-state index >= 15 is 0 Å². The Morgan fingerprint density at radius 3 is 2.60 bits per heavy atom. The lowest BCUT2D eigenvalue weighted by atomic mass is 10.2. The summed E-state index contributed by atoms with van der Waals surface area (Å²) in [7, 11) is 3.28. The number of methoxy groups -OCH3 is 2. The molecule has 0 radical (unpaired) electrons. The number of H-pyrrole nitrogens is 1. The Kier molecular flexibility index (Phi) is 3.78.